The number of fused-ring (bicyclic) bond motifs is 1. The Labute approximate surface area is 141 Å². The second-order valence-electron chi connectivity index (χ2n) is 5.22. The van der Waals surface area contributed by atoms with Gasteiger partial charge in [0.05, 0.1) is 5.69 Å². The van der Waals surface area contributed by atoms with Crippen LogP contribution in [0.15, 0.2) is 15.2 Å². The average molecular weight is 351 g/mol. The lowest BCUT2D eigenvalue weighted by Gasteiger charge is -2.13. The molecule has 0 aromatic carbocycles. The molecule has 1 aliphatic rings. The van der Waals surface area contributed by atoms with Crippen LogP contribution in [0.25, 0.3) is 0 Å². The minimum Gasteiger partial charge on any atom is -0.299 e. The van der Waals surface area contributed by atoms with Crippen LogP contribution in [0.4, 0.5) is 5.13 Å². The van der Waals surface area contributed by atoms with Crippen molar-refractivity contribution in [3.63, 3.8) is 0 Å². The van der Waals surface area contributed by atoms with Crippen molar-refractivity contribution in [2.24, 2.45) is 0 Å². The van der Waals surface area contributed by atoms with Crippen LogP contribution in [0.5, 0.6) is 0 Å². The fraction of sp³-hybridized carbons (Fsp3) is 0.500. The summed E-state index contributed by atoms with van der Waals surface area (Å²) >= 11 is 2.89. The molecule has 2 aromatic rings. The molecule has 9 heteroatoms. The summed E-state index contributed by atoms with van der Waals surface area (Å²) < 4.78 is 2.06. The number of aryl methyl sites for hydroxylation is 2. The molecule has 1 unspecified atom stereocenters. The minimum absolute atomic E-state index is 0.243. The highest BCUT2D eigenvalue weighted by Gasteiger charge is 2.22. The number of hydrogen-bond acceptors (Lipinski definition) is 7. The normalized spacial score (nSPS) is 14.5. The van der Waals surface area contributed by atoms with Crippen LogP contribution < -0.4 is 10.9 Å². The van der Waals surface area contributed by atoms with Crippen molar-refractivity contribution in [1.29, 1.82) is 0 Å². The molecule has 2 heterocycles. The van der Waals surface area contributed by atoms with Crippen LogP contribution in [-0.4, -0.2) is 31.6 Å². The summed E-state index contributed by atoms with van der Waals surface area (Å²) in [6.45, 7) is 3.69. The molecule has 1 N–H and O–H groups in total. The smallest absolute Gasteiger partial charge is 0.267 e. The van der Waals surface area contributed by atoms with E-state index >= 15 is 0 Å². The third-order valence-electron chi connectivity index (χ3n) is 3.63. The Morgan fingerprint density at radius 2 is 2.30 bits per heavy atom. The number of amides is 1. The van der Waals surface area contributed by atoms with Gasteiger partial charge in [-0.25, -0.2) is 4.68 Å². The van der Waals surface area contributed by atoms with Crippen molar-refractivity contribution in [2.45, 2.75) is 43.5 Å². The Hall–Kier alpha value is -1.74. The maximum absolute atomic E-state index is 12.4. The van der Waals surface area contributed by atoms with Gasteiger partial charge in [-0.2, -0.15) is 5.10 Å². The molecule has 0 spiro atoms. The number of anilines is 1. The van der Waals surface area contributed by atoms with Gasteiger partial charge in [0, 0.05) is 6.07 Å². The van der Waals surface area contributed by atoms with Gasteiger partial charge in [-0.1, -0.05) is 30.0 Å². The van der Waals surface area contributed by atoms with Gasteiger partial charge >= 0.3 is 0 Å². The molecule has 0 fully saturated rings. The lowest BCUT2D eigenvalue weighted by Crippen LogP contribution is -2.33. The SMILES string of the molecule is CCSc1nnc(NC(=O)C(C)n2nc3c(cc2=O)CCC3)s1. The molecule has 1 atom stereocenters. The Bertz CT molecular complexity index is 786. The number of thioether (sulfide) groups is 1. The zero-order valence-electron chi connectivity index (χ0n) is 12.9. The number of nitrogens with zero attached hydrogens (tertiary/aromatic N) is 4. The molecule has 23 heavy (non-hydrogen) atoms. The Morgan fingerprint density at radius 1 is 1.48 bits per heavy atom. The quantitative estimate of drug-likeness (QED) is 0.654. The molecule has 0 bridgehead atoms. The molecule has 2 aromatic heterocycles. The Kier molecular flexibility index (Phi) is 4.76. The third kappa shape index (κ3) is 3.45. The fourth-order valence-corrected chi connectivity index (χ4v) is 4.11. The number of aromatic nitrogens is 4. The van der Waals surface area contributed by atoms with Gasteiger partial charge in [0.1, 0.15) is 6.04 Å². The van der Waals surface area contributed by atoms with Crippen molar-refractivity contribution in [3.8, 4) is 0 Å². The van der Waals surface area contributed by atoms with E-state index in [9.17, 15) is 9.59 Å². The zero-order valence-corrected chi connectivity index (χ0v) is 14.5. The Balaban J connectivity index is 1.75. The van der Waals surface area contributed by atoms with Crippen molar-refractivity contribution in [3.05, 3.63) is 27.7 Å². The fourth-order valence-electron chi connectivity index (χ4n) is 2.46. The summed E-state index contributed by atoms with van der Waals surface area (Å²) in [6, 6.07) is 0.902. The van der Waals surface area contributed by atoms with Crippen molar-refractivity contribution >= 4 is 34.1 Å². The first kappa shape index (κ1) is 16.1. The van der Waals surface area contributed by atoms with E-state index in [2.05, 4.69) is 20.6 Å². The van der Waals surface area contributed by atoms with E-state index in [1.807, 2.05) is 6.92 Å². The molecule has 0 saturated heterocycles. The molecular weight excluding hydrogens is 334 g/mol. The molecule has 1 amide bonds. The van der Waals surface area contributed by atoms with Gasteiger partial charge in [-0.05, 0) is 37.5 Å². The maximum atomic E-state index is 12.4. The molecule has 3 rings (SSSR count). The van der Waals surface area contributed by atoms with Crippen LogP contribution in [0.2, 0.25) is 0 Å². The monoisotopic (exact) mass is 351 g/mol. The number of rotatable bonds is 5. The number of carbonyl (C=O) groups excluding carboxylic acids is 1. The van der Waals surface area contributed by atoms with Crippen LogP contribution in [0.1, 0.15) is 37.6 Å². The van der Waals surface area contributed by atoms with E-state index in [0.29, 0.717) is 5.13 Å². The lowest BCUT2D eigenvalue weighted by atomic mass is 10.2. The first-order chi connectivity index (χ1) is 11.1. The summed E-state index contributed by atoms with van der Waals surface area (Å²) in [4.78, 5) is 24.5. The first-order valence-corrected chi connectivity index (χ1v) is 9.27. The van der Waals surface area contributed by atoms with Gasteiger partial charge in [-0.15, -0.1) is 10.2 Å². The van der Waals surface area contributed by atoms with Gasteiger partial charge in [0.15, 0.2) is 4.34 Å². The molecule has 7 nitrogen and oxygen atoms in total. The van der Waals surface area contributed by atoms with Crippen LogP contribution in [0.3, 0.4) is 0 Å². The summed E-state index contributed by atoms with van der Waals surface area (Å²) in [7, 11) is 0. The molecule has 122 valence electrons. The predicted octanol–water partition coefficient (Wildman–Crippen LogP) is 1.90. The second-order valence-corrected chi connectivity index (χ2v) is 7.71. The molecule has 0 saturated carbocycles. The summed E-state index contributed by atoms with van der Waals surface area (Å²) in [5, 5.41) is 15.4. The van der Waals surface area contributed by atoms with Crippen molar-refractivity contribution < 1.29 is 4.79 Å². The molecule has 1 aliphatic carbocycles. The highest BCUT2D eigenvalue weighted by molar-refractivity contribution is 8.01. The largest absolute Gasteiger partial charge is 0.299 e. The van der Waals surface area contributed by atoms with E-state index in [1.165, 1.54) is 16.0 Å². The topological polar surface area (TPSA) is 89.8 Å². The van der Waals surface area contributed by atoms with Gasteiger partial charge in [0.25, 0.3) is 11.5 Å². The summed E-state index contributed by atoms with van der Waals surface area (Å²) in [6.07, 6.45) is 2.76. The van der Waals surface area contributed by atoms with E-state index in [4.69, 9.17) is 0 Å². The number of hydrogen-bond donors (Lipinski definition) is 1. The summed E-state index contributed by atoms with van der Waals surface area (Å²) in [5.41, 5.74) is 1.68. The van der Waals surface area contributed by atoms with Crippen LogP contribution >= 0.6 is 23.1 Å². The zero-order chi connectivity index (χ0) is 16.4. The van der Waals surface area contributed by atoms with E-state index in [-0.39, 0.29) is 11.5 Å². The summed E-state index contributed by atoms with van der Waals surface area (Å²) in [5.74, 6) is 0.578. The van der Waals surface area contributed by atoms with Crippen molar-refractivity contribution in [2.75, 3.05) is 11.1 Å². The highest BCUT2D eigenvalue weighted by Crippen LogP contribution is 2.25. The average Bonchev–Trinajstić information content (AvgIpc) is 3.15. The maximum Gasteiger partial charge on any atom is 0.267 e. The van der Waals surface area contributed by atoms with Crippen LogP contribution in [0, 0.1) is 0 Å². The third-order valence-corrected chi connectivity index (χ3v) is 5.49. The molecule has 0 aliphatic heterocycles. The first-order valence-electron chi connectivity index (χ1n) is 7.47. The van der Waals surface area contributed by atoms with Crippen molar-refractivity contribution in [1.82, 2.24) is 20.0 Å². The molecular formula is C14H17N5O2S2. The van der Waals surface area contributed by atoms with E-state index < -0.39 is 6.04 Å². The number of nitrogens with one attached hydrogen (secondary N) is 1. The predicted molar refractivity (Wildman–Crippen MR) is 90.2 cm³/mol. The highest BCUT2D eigenvalue weighted by atomic mass is 32.2. The van der Waals surface area contributed by atoms with E-state index in [0.717, 1.165) is 40.6 Å². The van der Waals surface area contributed by atoms with Gasteiger partial charge in [-0.3, -0.25) is 14.9 Å². The standard InChI is InChI=1S/C14H17N5O2S2/c1-3-22-14-17-16-13(23-14)15-12(21)8(2)19-11(20)7-9-5-4-6-10(9)18-19/h7-8H,3-6H2,1-2H3,(H,15,16,21). The van der Waals surface area contributed by atoms with Crippen LogP contribution in [-0.2, 0) is 17.6 Å². The molecule has 0 radical (unpaired) electrons. The lowest BCUT2D eigenvalue weighted by molar-refractivity contribution is -0.119. The van der Waals surface area contributed by atoms with Gasteiger partial charge < -0.3 is 0 Å². The Morgan fingerprint density at radius 3 is 3.09 bits per heavy atom. The van der Waals surface area contributed by atoms with Gasteiger partial charge in [0.2, 0.25) is 5.13 Å². The van der Waals surface area contributed by atoms with E-state index in [1.54, 1.807) is 24.8 Å². The minimum atomic E-state index is -0.695. The second kappa shape index (κ2) is 6.79. The number of carbonyl (C=O) groups is 1.